The highest BCUT2D eigenvalue weighted by molar-refractivity contribution is 6.00. The molecular weight excluding hydrogens is 220 g/mol. The van der Waals surface area contributed by atoms with Gasteiger partial charge in [-0.1, -0.05) is 0 Å². The minimum Gasteiger partial charge on any atom is -0.479 e. The molecule has 2 rings (SSSR count). The van der Waals surface area contributed by atoms with Gasteiger partial charge in [-0.05, 0) is 32.0 Å². The van der Waals surface area contributed by atoms with Crippen molar-refractivity contribution >= 4 is 23.4 Å². The van der Waals surface area contributed by atoms with Gasteiger partial charge < -0.3 is 9.64 Å². The SMILES string of the molecule is CCN1C(=O)C(C)Oc2ccc(N=C=O)cc21. The van der Waals surface area contributed by atoms with E-state index in [1.807, 2.05) is 6.92 Å². The number of isocyanates is 1. The first-order chi connectivity index (χ1) is 8.17. The molecule has 0 aliphatic carbocycles. The number of rotatable bonds is 2. The number of carbonyl (C=O) groups excluding carboxylic acids is 2. The second-order valence-corrected chi connectivity index (χ2v) is 3.70. The molecule has 0 saturated heterocycles. The predicted molar refractivity (Wildman–Crippen MR) is 62.3 cm³/mol. The third kappa shape index (κ3) is 1.92. The van der Waals surface area contributed by atoms with E-state index in [4.69, 9.17) is 4.74 Å². The third-order valence-electron chi connectivity index (χ3n) is 2.64. The lowest BCUT2D eigenvalue weighted by atomic mass is 10.1. The summed E-state index contributed by atoms with van der Waals surface area (Å²) in [6.07, 6.45) is 0.991. The minimum atomic E-state index is -0.483. The smallest absolute Gasteiger partial charge is 0.267 e. The first-order valence-corrected chi connectivity index (χ1v) is 5.37. The molecule has 88 valence electrons. The zero-order chi connectivity index (χ0) is 12.4. The van der Waals surface area contributed by atoms with Crippen LogP contribution < -0.4 is 9.64 Å². The normalized spacial score (nSPS) is 18.1. The van der Waals surface area contributed by atoms with Gasteiger partial charge in [-0.15, -0.1) is 0 Å². The lowest BCUT2D eigenvalue weighted by Gasteiger charge is -2.32. The Morgan fingerprint density at radius 2 is 2.29 bits per heavy atom. The number of hydrogen-bond acceptors (Lipinski definition) is 4. The van der Waals surface area contributed by atoms with E-state index in [1.165, 1.54) is 6.08 Å². The van der Waals surface area contributed by atoms with Crippen molar-refractivity contribution in [1.29, 1.82) is 0 Å². The average Bonchev–Trinajstić information content (AvgIpc) is 2.32. The second-order valence-electron chi connectivity index (χ2n) is 3.70. The van der Waals surface area contributed by atoms with Crippen LogP contribution in [0.4, 0.5) is 11.4 Å². The van der Waals surface area contributed by atoms with Gasteiger partial charge in [0.2, 0.25) is 6.08 Å². The van der Waals surface area contributed by atoms with Crippen molar-refractivity contribution in [3.8, 4) is 5.75 Å². The Kier molecular flexibility index (Phi) is 2.93. The van der Waals surface area contributed by atoms with E-state index in [2.05, 4.69) is 4.99 Å². The molecule has 0 N–H and O–H groups in total. The number of hydrogen-bond donors (Lipinski definition) is 0. The Morgan fingerprint density at radius 3 is 2.94 bits per heavy atom. The van der Waals surface area contributed by atoms with Crippen LogP contribution in [0.1, 0.15) is 13.8 Å². The van der Waals surface area contributed by atoms with Gasteiger partial charge in [0.25, 0.3) is 5.91 Å². The monoisotopic (exact) mass is 232 g/mol. The molecule has 1 aliphatic rings. The van der Waals surface area contributed by atoms with Crippen molar-refractivity contribution in [2.24, 2.45) is 4.99 Å². The van der Waals surface area contributed by atoms with E-state index >= 15 is 0 Å². The lowest BCUT2D eigenvalue weighted by Crippen LogP contribution is -2.44. The number of fused-ring (bicyclic) bond motifs is 1. The van der Waals surface area contributed by atoms with Crippen LogP contribution in [0, 0.1) is 0 Å². The number of ether oxygens (including phenoxy) is 1. The highest BCUT2D eigenvalue weighted by Crippen LogP contribution is 2.36. The maximum absolute atomic E-state index is 11.9. The zero-order valence-electron chi connectivity index (χ0n) is 9.64. The van der Waals surface area contributed by atoms with E-state index in [-0.39, 0.29) is 5.91 Å². The quantitative estimate of drug-likeness (QED) is 0.577. The van der Waals surface area contributed by atoms with Gasteiger partial charge in [0, 0.05) is 6.54 Å². The Labute approximate surface area is 98.7 Å². The van der Waals surface area contributed by atoms with Crippen LogP contribution in [0.2, 0.25) is 0 Å². The fourth-order valence-corrected chi connectivity index (χ4v) is 1.84. The lowest BCUT2D eigenvalue weighted by molar-refractivity contribution is -0.125. The largest absolute Gasteiger partial charge is 0.479 e. The first-order valence-electron chi connectivity index (χ1n) is 5.37. The van der Waals surface area contributed by atoms with E-state index in [0.29, 0.717) is 23.7 Å². The molecule has 17 heavy (non-hydrogen) atoms. The molecule has 0 radical (unpaired) electrons. The molecule has 0 bridgehead atoms. The van der Waals surface area contributed by atoms with Crippen LogP contribution in [0.15, 0.2) is 23.2 Å². The molecule has 1 aliphatic heterocycles. The maximum atomic E-state index is 11.9. The number of nitrogens with zero attached hydrogens (tertiary/aromatic N) is 2. The van der Waals surface area contributed by atoms with Crippen LogP contribution in [0.3, 0.4) is 0 Å². The topological polar surface area (TPSA) is 59.0 Å². The fraction of sp³-hybridized carbons (Fsp3) is 0.333. The van der Waals surface area contributed by atoms with E-state index < -0.39 is 6.10 Å². The number of anilines is 1. The van der Waals surface area contributed by atoms with Crippen LogP contribution >= 0.6 is 0 Å². The Bertz CT molecular complexity index is 506. The Morgan fingerprint density at radius 1 is 1.53 bits per heavy atom. The van der Waals surface area contributed by atoms with Crippen molar-refractivity contribution in [3.63, 3.8) is 0 Å². The van der Waals surface area contributed by atoms with Crippen LogP contribution in [0.25, 0.3) is 0 Å². The number of benzene rings is 1. The molecule has 1 heterocycles. The molecule has 1 unspecified atom stereocenters. The number of carbonyl (C=O) groups is 1. The summed E-state index contributed by atoms with van der Waals surface area (Å²) in [6.45, 7) is 4.15. The van der Waals surface area contributed by atoms with Gasteiger partial charge in [-0.25, -0.2) is 4.79 Å². The van der Waals surface area contributed by atoms with Gasteiger partial charge in [0.1, 0.15) is 5.75 Å². The molecular formula is C12H12N2O3. The van der Waals surface area contributed by atoms with Crippen molar-refractivity contribution in [1.82, 2.24) is 0 Å². The van der Waals surface area contributed by atoms with Crippen LogP contribution in [-0.2, 0) is 9.59 Å². The third-order valence-corrected chi connectivity index (χ3v) is 2.64. The summed E-state index contributed by atoms with van der Waals surface area (Å²) in [5, 5.41) is 0. The van der Waals surface area contributed by atoms with Gasteiger partial charge in [-0.2, -0.15) is 4.99 Å². The van der Waals surface area contributed by atoms with Gasteiger partial charge in [0.05, 0.1) is 11.4 Å². The highest BCUT2D eigenvalue weighted by atomic mass is 16.5. The summed E-state index contributed by atoms with van der Waals surface area (Å²) in [6, 6.07) is 5.00. The van der Waals surface area contributed by atoms with Crippen molar-refractivity contribution in [2.75, 3.05) is 11.4 Å². The summed E-state index contributed by atoms with van der Waals surface area (Å²) in [5.74, 6) is 0.538. The molecule has 5 heteroatoms. The molecule has 0 aromatic heterocycles. The van der Waals surface area contributed by atoms with Gasteiger partial charge >= 0.3 is 0 Å². The Balaban J connectivity index is 2.51. The standard InChI is InChI=1S/C12H12N2O3/c1-3-14-10-6-9(13-7-15)4-5-11(10)17-8(2)12(14)16/h4-6,8H,3H2,1-2H3. The molecule has 1 aromatic carbocycles. The average molecular weight is 232 g/mol. The summed E-state index contributed by atoms with van der Waals surface area (Å²) in [5.41, 5.74) is 1.11. The number of likely N-dealkylation sites (N-methyl/N-ethyl adjacent to an activating group) is 1. The van der Waals surface area contributed by atoms with Gasteiger partial charge in [0.15, 0.2) is 6.10 Å². The molecule has 5 nitrogen and oxygen atoms in total. The summed E-state index contributed by atoms with van der Waals surface area (Å²) in [7, 11) is 0. The number of amides is 1. The molecule has 1 amide bonds. The maximum Gasteiger partial charge on any atom is 0.267 e. The zero-order valence-corrected chi connectivity index (χ0v) is 9.64. The molecule has 1 aromatic rings. The minimum absolute atomic E-state index is 0.0905. The molecule has 0 saturated carbocycles. The molecule has 0 fully saturated rings. The number of aliphatic imine (C=N–C) groups is 1. The first kappa shape index (κ1) is 11.4. The summed E-state index contributed by atoms with van der Waals surface area (Å²) < 4.78 is 5.48. The summed E-state index contributed by atoms with van der Waals surface area (Å²) in [4.78, 5) is 27.2. The van der Waals surface area contributed by atoms with E-state index in [0.717, 1.165) is 0 Å². The van der Waals surface area contributed by atoms with Gasteiger partial charge in [-0.3, -0.25) is 4.79 Å². The van der Waals surface area contributed by atoms with E-state index in [9.17, 15) is 9.59 Å². The second kappa shape index (κ2) is 4.39. The molecule has 1 atom stereocenters. The van der Waals surface area contributed by atoms with Crippen molar-refractivity contribution in [2.45, 2.75) is 20.0 Å². The van der Waals surface area contributed by atoms with Crippen molar-refractivity contribution in [3.05, 3.63) is 18.2 Å². The summed E-state index contributed by atoms with van der Waals surface area (Å²) >= 11 is 0. The molecule has 0 spiro atoms. The fourth-order valence-electron chi connectivity index (χ4n) is 1.84. The van der Waals surface area contributed by atoms with Crippen LogP contribution in [0.5, 0.6) is 5.75 Å². The Hall–Kier alpha value is -2.13. The van der Waals surface area contributed by atoms with E-state index in [1.54, 1.807) is 30.0 Å². The van der Waals surface area contributed by atoms with Crippen LogP contribution in [-0.4, -0.2) is 24.6 Å². The predicted octanol–water partition coefficient (Wildman–Crippen LogP) is 1.79. The highest BCUT2D eigenvalue weighted by Gasteiger charge is 2.30. The van der Waals surface area contributed by atoms with Crippen molar-refractivity contribution < 1.29 is 14.3 Å².